The third kappa shape index (κ3) is 13.8. The van der Waals surface area contributed by atoms with E-state index in [-0.39, 0.29) is 49.6 Å². The van der Waals surface area contributed by atoms with Crippen LogP contribution in [0.25, 0.3) is 11.1 Å². The van der Waals surface area contributed by atoms with E-state index in [1.165, 1.54) is 13.8 Å². The minimum absolute atomic E-state index is 0.0792. The number of nitrogens with two attached hydrogens (primary N) is 2. The molecular formula is C36H52BClN4O7. The third-order valence-electron chi connectivity index (χ3n) is 8.78. The van der Waals surface area contributed by atoms with Crippen LogP contribution in [0, 0.1) is 11.8 Å². The van der Waals surface area contributed by atoms with Crippen LogP contribution in [0.4, 0.5) is 0 Å². The number of unbranched alkanes of at least 4 members (excludes halogenated alkanes) is 1. The molecule has 0 aliphatic carbocycles. The predicted molar refractivity (Wildman–Crippen MR) is 193 cm³/mol. The molecule has 0 unspecified atom stereocenters. The van der Waals surface area contributed by atoms with Crippen molar-refractivity contribution in [3.8, 4) is 11.1 Å². The van der Waals surface area contributed by atoms with E-state index in [0.29, 0.717) is 36.4 Å². The normalized spacial score (nSPS) is 14.9. The molecule has 0 bridgehead atoms. The summed E-state index contributed by atoms with van der Waals surface area (Å²) in [5.41, 5.74) is 13.6. The molecule has 0 saturated carbocycles. The number of aliphatic hydroxyl groups excluding tert-OH is 1. The molecule has 11 nitrogen and oxygen atoms in total. The molecule has 0 fully saturated rings. The van der Waals surface area contributed by atoms with E-state index in [4.69, 9.17) is 23.1 Å². The second-order valence-corrected chi connectivity index (χ2v) is 13.5. The second-order valence-electron chi connectivity index (χ2n) is 13.0. The number of hydrogen-bond donors (Lipinski definition) is 6. The smallest absolute Gasteiger partial charge is 0.289 e. The van der Waals surface area contributed by atoms with Crippen molar-refractivity contribution >= 4 is 47.7 Å². The van der Waals surface area contributed by atoms with Gasteiger partial charge in [-0.15, -0.1) is 0 Å². The van der Waals surface area contributed by atoms with Gasteiger partial charge in [-0.05, 0) is 74.8 Å². The van der Waals surface area contributed by atoms with E-state index >= 15 is 0 Å². The average Bonchev–Trinajstić information content (AvgIpc) is 3.06. The van der Waals surface area contributed by atoms with Crippen molar-refractivity contribution < 1.29 is 34.1 Å². The highest BCUT2D eigenvalue weighted by Crippen LogP contribution is 2.23. The van der Waals surface area contributed by atoms with E-state index in [1.54, 1.807) is 38.0 Å². The predicted octanol–water partition coefficient (Wildman–Crippen LogP) is 3.58. The number of nitrogens with one attached hydrogen (secondary N) is 2. The zero-order chi connectivity index (χ0) is 36.7. The van der Waals surface area contributed by atoms with Crippen LogP contribution in [0.1, 0.15) is 76.1 Å². The van der Waals surface area contributed by atoms with Gasteiger partial charge in [0.2, 0.25) is 11.8 Å². The molecule has 13 heteroatoms. The summed E-state index contributed by atoms with van der Waals surface area (Å²) < 4.78 is 0. The maximum Gasteiger partial charge on any atom is 0.289 e. The molecule has 2 rings (SSSR count). The quantitative estimate of drug-likeness (QED) is 0.0604. The maximum absolute atomic E-state index is 13.4. The molecule has 0 spiro atoms. The number of rotatable bonds is 22. The Morgan fingerprint density at radius 2 is 1.37 bits per heavy atom. The number of hydrogen-bond acceptors (Lipinski definition) is 9. The van der Waals surface area contributed by atoms with Crippen molar-refractivity contribution in [1.29, 1.82) is 0 Å². The lowest BCUT2D eigenvalue weighted by molar-refractivity contribution is -0.135. The molecule has 0 radical (unpaired) electrons. The molecule has 49 heavy (non-hydrogen) atoms. The Labute approximate surface area is 295 Å². The Morgan fingerprint density at radius 3 is 1.90 bits per heavy atom. The second kappa shape index (κ2) is 20.9. The van der Waals surface area contributed by atoms with Gasteiger partial charge in [0.15, 0.2) is 17.3 Å². The van der Waals surface area contributed by atoms with Crippen LogP contribution in [0.2, 0.25) is 17.7 Å². The fourth-order valence-corrected chi connectivity index (χ4v) is 5.50. The summed E-state index contributed by atoms with van der Waals surface area (Å²) >= 11 is 5.98. The number of ketones is 3. The highest BCUT2D eigenvalue weighted by molar-refractivity contribution is 6.50. The third-order valence-corrected chi connectivity index (χ3v) is 9.03. The summed E-state index contributed by atoms with van der Waals surface area (Å²) in [4.78, 5) is 65.9. The van der Waals surface area contributed by atoms with E-state index in [2.05, 4.69) is 10.6 Å². The number of aliphatic hydroxyl groups is 1. The topological polar surface area (TPSA) is 202 Å². The molecule has 2 aromatic rings. The van der Waals surface area contributed by atoms with Crippen molar-refractivity contribution in [3.63, 3.8) is 0 Å². The summed E-state index contributed by atoms with van der Waals surface area (Å²) in [7, 11) is 0. The first-order valence-electron chi connectivity index (χ1n) is 17.0. The lowest BCUT2D eigenvalue weighted by Gasteiger charge is -2.25. The minimum Gasteiger partial charge on any atom is -0.450 e. The molecule has 268 valence electrons. The van der Waals surface area contributed by atoms with Crippen LogP contribution in [-0.4, -0.2) is 77.5 Å². The van der Waals surface area contributed by atoms with Crippen molar-refractivity contribution in [2.45, 2.75) is 96.5 Å². The van der Waals surface area contributed by atoms with E-state index in [9.17, 15) is 34.1 Å². The molecule has 2 amide bonds. The van der Waals surface area contributed by atoms with Crippen molar-refractivity contribution in [3.05, 3.63) is 59.1 Å². The van der Waals surface area contributed by atoms with Gasteiger partial charge in [-0.1, -0.05) is 68.7 Å². The van der Waals surface area contributed by atoms with Crippen LogP contribution < -0.4 is 22.1 Å². The summed E-state index contributed by atoms with van der Waals surface area (Å²) in [6.45, 7) is 6.10. The lowest BCUT2D eigenvalue weighted by atomic mass is 9.58. The van der Waals surface area contributed by atoms with Crippen molar-refractivity contribution in [2.24, 2.45) is 23.3 Å². The van der Waals surface area contributed by atoms with Gasteiger partial charge < -0.3 is 32.2 Å². The molecule has 0 aliphatic rings. The van der Waals surface area contributed by atoms with Gasteiger partial charge in [0.25, 0.3) is 6.92 Å². The highest BCUT2D eigenvalue weighted by atomic mass is 35.5. The standard InChI is InChI=1S/C36H52BClN4O7/c1-22(35(47)41-30(7-5-6-17-39)32(45)20-23(2)37(4)49)19-33(46)34(24(3)43)42-36(48)28(16-18-40)21-31(44)27-10-8-25(9-11-27)26-12-14-29(38)15-13-26/h8-15,22-24,28,30,34,43,49H,5-7,16-21,39-40H2,1-4H3,(H,41,47)(H,42,48)/t22-,23-,24-,28-,30+,34+/m1/s1. The van der Waals surface area contributed by atoms with Crippen LogP contribution in [-0.2, 0) is 19.2 Å². The Kier molecular flexibility index (Phi) is 17.9. The molecule has 6 atom stereocenters. The zero-order valence-corrected chi connectivity index (χ0v) is 29.7. The Bertz CT molecular complexity index is 1390. The number of Topliss-reactive ketones (excluding diaryl/α,β-unsaturated/α-hetero) is 3. The molecular weight excluding hydrogens is 647 g/mol. The zero-order valence-electron chi connectivity index (χ0n) is 29.0. The van der Waals surface area contributed by atoms with Gasteiger partial charge in [-0.2, -0.15) is 0 Å². The summed E-state index contributed by atoms with van der Waals surface area (Å²) in [6.07, 6.45) is 0.155. The van der Waals surface area contributed by atoms with Crippen LogP contribution in [0.15, 0.2) is 48.5 Å². The molecule has 0 heterocycles. The summed E-state index contributed by atoms with van der Waals surface area (Å²) in [5, 5.41) is 26.2. The summed E-state index contributed by atoms with van der Waals surface area (Å²) in [5.74, 6) is -4.22. The number of carbonyl (C=O) groups excluding carboxylic acids is 5. The van der Waals surface area contributed by atoms with E-state index in [1.807, 2.05) is 24.3 Å². The Balaban J connectivity index is 2.06. The Morgan fingerprint density at radius 1 is 0.776 bits per heavy atom. The molecule has 2 aromatic carbocycles. The fraction of sp³-hybridized carbons (Fsp3) is 0.528. The number of amides is 2. The average molecular weight is 699 g/mol. The molecule has 0 saturated heterocycles. The van der Waals surface area contributed by atoms with Crippen LogP contribution in [0.3, 0.4) is 0 Å². The largest absolute Gasteiger partial charge is 0.450 e. The SMILES string of the molecule is CB(O)[C@H](C)CC(=O)[C@H](CCCCN)NC(=O)[C@H](C)CC(=O)[C@@H](NC(=O)[C@H](CCN)CC(=O)c1ccc(-c2ccc(Cl)cc2)cc1)[C@@H](C)O. The van der Waals surface area contributed by atoms with Crippen molar-refractivity contribution in [1.82, 2.24) is 10.6 Å². The van der Waals surface area contributed by atoms with Gasteiger partial charge >= 0.3 is 0 Å². The first-order chi connectivity index (χ1) is 23.2. The van der Waals surface area contributed by atoms with Gasteiger partial charge in [-0.3, -0.25) is 24.0 Å². The summed E-state index contributed by atoms with van der Waals surface area (Å²) in [6, 6.07) is 12.2. The molecule has 0 aromatic heterocycles. The fourth-order valence-electron chi connectivity index (χ4n) is 5.37. The Hall–Kier alpha value is -3.42. The number of halogens is 1. The van der Waals surface area contributed by atoms with E-state index < -0.39 is 54.5 Å². The van der Waals surface area contributed by atoms with Gasteiger partial charge in [0.05, 0.1) is 12.1 Å². The maximum atomic E-state index is 13.4. The lowest BCUT2D eigenvalue weighted by Crippen LogP contribution is -2.51. The van der Waals surface area contributed by atoms with Gasteiger partial charge in [0, 0.05) is 41.7 Å². The minimum atomic E-state index is -1.33. The molecule has 8 N–H and O–H groups in total. The monoisotopic (exact) mass is 698 g/mol. The first-order valence-corrected chi connectivity index (χ1v) is 17.4. The van der Waals surface area contributed by atoms with Crippen LogP contribution >= 0.6 is 11.6 Å². The first kappa shape index (κ1) is 41.8. The van der Waals surface area contributed by atoms with Gasteiger partial charge in [-0.25, -0.2) is 0 Å². The van der Waals surface area contributed by atoms with Gasteiger partial charge in [0.1, 0.15) is 6.04 Å². The molecule has 0 aliphatic heterocycles. The number of benzene rings is 2. The highest BCUT2D eigenvalue weighted by Gasteiger charge is 2.33. The van der Waals surface area contributed by atoms with Crippen molar-refractivity contribution in [2.75, 3.05) is 13.1 Å². The number of carbonyl (C=O) groups is 5. The van der Waals surface area contributed by atoms with Crippen LogP contribution in [0.5, 0.6) is 0 Å². The van der Waals surface area contributed by atoms with E-state index in [0.717, 1.165) is 11.1 Å².